The van der Waals surface area contributed by atoms with Gasteiger partial charge in [-0.3, -0.25) is 15.1 Å². The molecule has 1 saturated heterocycles. The van der Waals surface area contributed by atoms with Crippen LogP contribution in [0.15, 0.2) is 67.0 Å². The van der Waals surface area contributed by atoms with E-state index in [-0.39, 0.29) is 22.7 Å². The summed E-state index contributed by atoms with van der Waals surface area (Å²) in [6, 6.07) is 16.4. The highest BCUT2D eigenvalue weighted by molar-refractivity contribution is 7.80. The molecule has 3 heterocycles. The number of nitro groups is 1. The van der Waals surface area contributed by atoms with Gasteiger partial charge >= 0.3 is 0 Å². The molecule has 1 fully saturated rings. The summed E-state index contributed by atoms with van der Waals surface area (Å²) in [6.07, 6.45) is 5.80. The van der Waals surface area contributed by atoms with Crippen LogP contribution in [0.25, 0.3) is 5.69 Å². The van der Waals surface area contributed by atoms with E-state index in [0.29, 0.717) is 5.11 Å². The van der Waals surface area contributed by atoms with E-state index in [1.54, 1.807) is 18.3 Å². The third-order valence-corrected chi connectivity index (χ3v) is 5.70. The third kappa shape index (κ3) is 3.78. The second-order valence-electron chi connectivity index (χ2n) is 7.25. The predicted molar refractivity (Wildman–Crippen MR) is 119 cm³/mol. The molecule has 0 amide bonds. The zero-order valence-corrected chi connectivity index (χ0v) is 17.5. The van der Waals surface area contributed by atoms with Gasteiger partial charge in [0, 0.05) is 36.8 Å². The maximum atomic E-state index is 11.3. The molecular formula is C22H23N5O2S. The molecule has 1 N–H and O–H groups in total. The molecule has 1 aliphatic heterocycles. The minimum absolute atomic E-state index is 0.0660. The van der Waals surface area contributed by atoms with Gasteiger partial charge in [-0.1, -0.05) is 25.5 Å². The Labute approximate surface area is 180 Å². The smallest absolute Gasteiger partial charge is 0.271 e. The first-order valence-electron chi connectivity index (χ1n) is 10.00. The van der Waals surface area contributed by atoms with E-state index in [9.17, 15) is 10.1 Å². The standard InChI is InChI=1S/C22H23N5O2S/c1-2-3-13-26-21(20(24-22(26)30)18-10-4-5-12-23-18)19-11-7-14-25(19)16-8-6-9-17(15-16)27(28)29/h4-12,14-15,20-21H,2-3,13H2,1H3,(H,24,30). The molecule has 3 aromatic rings. The molecular weight excluding hydrogens is 398 g/mol. The highest BCUT2D eigenvalue weighted by atomic mass is 32.1. The highest BCUT2D eigenvalue weighted by Crippen LogP contribution is 2.39. The van der Waals surface area contributed by atoms with Gasteiger partial charge in [-0.2, -0.15) is 0 Å². The summed E-state index contributed by atoms with van der Waals surface area (Å²) >= 11 is 5.69. The minimum atomic E-state index is -0.372. The van der Waals surface area contributed by atoms with Crippen LogP contribution >= 0.6 is 12.2 Å². The summed E-state index contributed by atoms with van der Waals surface area (Å²) in [5.74, 6) is 0. The van der Waals surface area contributed by atoms with Gasteiger partial charge in [-0.25, -0.2) is 0 Å². The Morgan fingerprint density at radius 2 is 2.07 bits per heavy atom. The number of nitro benzene ring substituents is 1. The van der Waals surface area contributed by atoms with Crippen molar-refractivity contribution in [3.8, 4) is 5.69 Å². The van der Waals surface area contributed by atoms with E-state index in [4.69, 9.17) is 12.2 Å². The van der Waals surface area contributed by atoms with Gasteiger partial charge < -0.3 is 14.8 Å². The SMILES string of the molecule is CCCCN1C(=S)NC(c2ccccn2)C1c1cccn1-c1cccc([N+](=O)[O-])c1. The van der Waals surface area contributed by atoms with Crippen molar-refractivity contribution in [3.05, 3.63) is 88.5 Å². The summed E-state index contributed by atoms with van der Waals surface area (Å²) < 4.78 is 2.00. The Hall–Kier alpha value is -3.26. The summed E-state index contributed by atoms with van der Waals surface area (Å²) in [5, 5.41) is 15.4. The second kappa shape index (κ2) is 8.62. The maximum absolute atomic E-state index is 11.3. The fourth-order valence-electron chi connectivity index (χ4n) is 3.92. The Morgan fingerprint density at radius 3 is 2.80 bits per heavy atom. The molecule has 1 aromatic carbocycles. The maximum Gasteiger partial charge on any atom is 0.271 e. The molecule has 2 unspecified atom stereocenters. The molecule has 7 nitrogen and oxygen atoms in total. The van der Waals surface area contributed by atoms with Crippen molar-refractivity contribution in [2.45, 2.75) is 31.8 Å². The molecule has 0 bridgehead atoms. The molecule has 4 rings (SSSR count). The monoisotopic (exact) mass is 421 g/mol. The summed E-state index contributed by atoms with van der Waals surface area (Å²) in [4.78, 5) is 17.7. The summed E-state index contributed by atoms with van der Waals surface area (Å²) in [6.45, 7) is 2.99. The van der Waals surface area contributed by atoms with E-state index < -0.39 is 0 Å². The number of thiocarbonyl (C=S) groups is 1. The number of non-ortho nitro benzene ring substituents is 1. The number of unbranched alkanes of at least 4 members (excludes halogenated alkanes) is 1. The lowest BCUT2D eigenvalue weighted by atomic mass is 10.0. The molecule has 0 saturated carbocycles. The number of hydrogen-bond acceptors (Lipinski definition) is 4. The van der Waals surface area contributed by atoms with Crippen LogP contribution in [-0.4, -0.2) is 31.0 Å². The number of nitrogens with zero attached hydrogens (tertiary/aromatic N) is 4. The van der Waals surface area contributed by atoms with Crippen LogP contribution in [-0.2, 0) is 0 Å². The lowest BCUT2D eigenvalue weighted by molar-refractivity contribution is -0.384. The number of aromatic nitrogens is 2. The van der Waals surface area contributed by atoms with Crippen molar-refractivity contribution in [1.29, 1.82) is 0 Å². The summed E-state index contributed by atoms with van der Waals surface area (Å²) in [5.41, 5.74) is 2.74. The topological polar surface area (TPSA) is 76.2 Å². The number of nitrogens with one attached hydrogen (secondary N) is 1. The average molecular weight is 422 g/mol. The number of benzene rings is 1. The van der Waals surface area contributed by atoms with Crippen LogP contribution in [0.1, 0.15) is 43.2 Å². The van der Waals surface area contributed by atoms with Gasteiger partial charge in [-0.05, 0) is 49.0 Å². The first-order chi connectivity index (χ1) is 14.6. The van der Waals surface area contributed by atoms with E-state index in [2.05, 4.69) is 22.1 Å². The van der Waals surface area contributed by atoms with Crippen LogP contribution in [0.2, 0.25) is 0 Å². The Kier molecular flexibility index (Phi) is 5.76. The van der Waals surface area contributed by atoms with E-state index in [1.165, 1.54) is 6.07 Å². The Bertz CT molecular complexity index is 1050. The van der Waals surface area contributed by atoms with E-state index in [1.807, 2.05) is 47.2 Å². The van der Waals surface area contributed by atoms with Gasteiger partial charge in [0.2, 0.25) is 0 Å². The van der Waals surface area contributed by atoms with Crippen LogP contribution in [0.3, 0.4) is 0 Å². The van der Waals surface area contributed by atoms with Gasteiger partial charge in [0.05, 0.1) is 28.4 Å². The van der Waals surface area contributed by atoms with Crippen molar-refractivity contribution in [3.63, 3.8) is 0 Å². The predicted octanol–water partition coefficient (Wildman–Crippen LogP) is 4.55. The second-order valence-corrected chi connectivity index (χ2v) is 7.64. The highest BCUT2D eigenvalue weighted by Gasteiger charge is 2.40. The van der Waals surface area contributed by atoms with Gasteiger partial charge in [0.1, 0.15) is 0 Å². The molecule has 30 heavy (non-hydrogen) atoms. The normalized spacial score (nSPS) is 18.4. The average Bonchev–Trinajstić information content (AvgIpc) is 3.37. The van der Waals surface area contributed by atoms with Crippen LogP contribution < -0.4 is 5.32 Å². The lowest BCUT2D eigenvalue weighted by Gasteiger charge is -2.28. The first-order valence-corrected chi connectivity index (χ1v) is 10.4. The van der Waals surface area contributed by atoms with Gasteiger partial charge in [0.25, 0.3) is 5.69 Å². The minimum Gasteiger partial charge on any atom is -0.352 e. The molecule has 0 spiro atoms. The molecule has 0 aliphatic carbocycles. The van der Waals surface area contributed by atoms with Gasteiger partial charge in [0.15, 0.2) is 5.11 Å². The van der Waals surface area contributed by atoms with Crippen molar-refractivity contribution in [2.75, 3.05) is 6.54 Å². The van der Waals surface area contributed by atoms with Crippen molar-refractivity contribution < 1.29 is 4.92 Å². The van der Waals surface area contributed by atoms with E-state index >= 15 is 0 Å². The van der Waals surface area contributed by atoms with Crippen molar-refractivity contribution in [2.24, 2.45) is 0 Å². The molecule has 1 aliphatic rings. The largest absolute Gasteiger partial charge is 0.352 e. The zero-order valence-electron chi connectivity index (χ0n) is 16.6. The molecule has 2 atom stereocenters. The Morgan fingerprint density at radius 1 is 1.20 bits per heavy atom. The van der Waals surface area contributed by atoms with Crippen molar-refractivity contribution >= 4 is 23.0 Å². The fourth-order valence-corrected chi connectivity index (χ4v) is 4.25. The molecule has 154 valence electrons. The van der Waals surface area contributed by atoms with Crippen LogP contribution in [0.5, 0.6) is 0 Å². The first kappa shape index (κ1) is 20.0. The number of rotatable bonds is 7. The third-order valence-electron chi connectivity index (χ3n) is 5.35. The lowest BCUT2D eigenvalue weighted by Crippen LogP contribution is -2.31. The van der Waals surface area contributed by atoms with Gasteiger partial charge in [-0.15, -0.1) is 0 Å². The van der Waals surface area contributed by atoms with Crippen LogP contribution in [0.4, 0.5) is 5.69 Å². The Balaban J connectivity index is 1.79. The molecule has 2 aromatic heterocycles. The van der Waals surface area contributed by atoms with E-state index in [0.717, 1.165) is 36.5 Å². The zero-order chi connectivity index (χ0) is 21.1. The molecule has 0 radical (unpaired) electrons. The fraction of sp³-hybridized carbons (Fsp3) is 0.273. The quantitative estimate of drug-likeness (QED) is 0.343. The molecule has 8 heteroatoms. The van der Waals surface area contributed by atoms with Crippen LogP contribution in [0, 0.1) is 10.1 Å². The number of pyridine rings is 1. The van der Waals surface area contributed by atoms with Crippen molar-refractivity contribution in [1.82, 2.24) is 19.8 Å². The number of hydrogen-bond donors (Lipinski definition) is 1. The summed E-state index contributed by atoms with van der Waals surface area (Å²) in [7, 11) is 0.